The van der Waals surface area contributed by atoms with E-state index in [4.69, 9.17) is 0 Å². The molecule has 2 N–H and O–H groups in total. The van der Waals surface area contributed by atoms with E-state index >= 15 is 0 Å². The summed E-state index contributed by atoms with van der Waals surface area (Å²) in [7, 11) is 1.80. The molecule has 0 bridgehead atoms. The summed E-state index contributed by atoms with van der Waals surface area (Å²) in [5, 5.41) is 6.66. The highest BCUT2D eigenvalue weighted by Gasteiger charge is 2.48. The van der Waals surface area contributed by atoms with E-state index in [1.54, 1.807) is 26.2 Å². The zero-order valence-electron chi connectivity index (χ0n) is 17.2. The number of carbonyl (C=O) groups is 2. The first kappa shape index (κ1) is 21.9. The Balaban J connectivity index is 1.62. The third-order valence-electron chi connectivity index (χ3n) is 5.25. The number of benzene rings is 2. The van der Waals surface area contributed by atoms with Gasteiger partial charge in [0.25, 0.3) is 5.91 Å². The summed E-state index contributed by atoms with van der Waals surface area (Å²) in [6.07, 6.45) is 1.87. The van der Waals surface area contributed by atoms with Gasteiger partial charge in [-0.2, -0.15) is 13.2 Å². The number of nitrogens with one attached hydrogen (secondary N) is 2. The van der Waals surface area contributed by atoms with Crippen LogP contribution in [-0.4, -0.2) is 35.0 Å². The van der Waals surface area contributed by atoms with Crippen LogP contribution in [0.25, 0.3) is 10.9 Å². The summed E-state index contributed by atoms with van der Waals surface area (Å²) < 4.78 is 37.7. The number of hydrogen-bond donors (Lipinski definition) is 2. The minimum absolute atomic E-state index is 0.0281. The summed E-state index contributed by atoms with van der Waals surface area (Å²) in [5.41, 5.74) is -2.95. The lowest BCUT2D eigenvalue weighted by atomic mass is 9.91. The number of fused-ring (bicyclic) bond motifs is 1. The molecule has 3 aromatic rings. The lowest BCUT2D eigenvalue weighted by Gasteiger charge is -2.22. The zero-order chi connectivity index (χ0) is 23.1. The summed E-state index contributed by atoms with van der Waals surface area (Å²) >= 11 is -0.256. The van der Waals surface area contributed by atoms with Crippen LogP contribution in [0.3, 0.4) is 0 Å². The molecule has 0 saturated carbocycles. The van der Waals surface area contributed by atoms with Gasteiger partial charge in [-0.15, -0.1) is 0 Å². The second kappa shape index (κ2) is 8.01. The Hall–Kier alpha value is -3.27. The monoisotopic (exact) mass is 460 g/mol. The summed E-state index contributed by atoms with van der Waals surface area (Å²) in [6.45, 7) is 1.63. The number of rotatable bonds is 5. The van der Waals surface area contributed by atoms with E-state index in [9.17, 15) is 22.8 Å². The van der Waals surface area contributed by atoms with Crippen LogP contribution in [0.4, 0.5) is 29.3 Å². The molecule has 1 aliphatic rings. The quantitative estimate of drug-likeness (QED) is 0.417. The Morgan fingerprint density at radius 2 is 1.84 bits per heavy atom. The van der Waals surface area contributed by atoms with Crippen molar-refractivity contribution in [2.75, 3.05) is 17.3 Å². The third-order valence-corrected chi connectivity index (χ3v) is 5.99. The summed E-state index contributed by atoms with van der Waals surface area (Å²) in [4.78, 5) is 31.2. The van der Waals surface area contributed by atoms with Crippen molar-refractivity contribution in [1.29, 1.82) is 0 Å². The molecule has 2 aromatic carbocycles. The van der Waals surface area contributed by atoms with Crippen molar-refractivity contribution in [2.45, 2.75) is 29.3 Å². The minimum Gasteiger partial charge on any atom is -0.388 e. The van der Waals surface area contributed by atoms with Gasteiger partial charge in [0, 0.05) is 35.6 Å². The second-order valence-electron chi connectivity index (χ2n) is 7.57. The maximum atomic E-state index is 13.2. The van der Waals surface area contributed by atoms with Crippen LogP contribution in [0.5, 0.6) is 0 Å². The average molecular weight is 460 g/mol. The van der Waals surface area contributed by atoms with Crippen molar-refractivity contribution in [3.8, 4) is 0 Å². The van der Waals surface area contributed by atoms with Crippen LogP contribution in [0.1, 0.15) is 12.5 Å². The lowest BCUT2D eigenvalue weighted by molar-refractivity contribution is -0.121. The van der Waals surface area contributed by atoms with Crippen LogP contribution in [-0.2, 0) is 11.2 Å². The molecule has 1 aromatic heterocycles. The van der Waals surface area contributed by atoms with Gasteiger partial charge in [0.2, 0.25) is 0 Å². The van der Waals surface area contributed by atoms with E-state index in [2.05, 4.69) is 15.6 Å². The van der Waals surface area contributed by atoms with Gasteiger partial charge in [0.15, 0.2) is 0 Å². The predicted octanol–water partition coefficient (Wildman–Crippen LogP) is 4.95. The van der Waals surface area contributed by atoms with Crippen LogP contribution in [0.15, 0.2) is 59.6 Å². The highest BCUT2D eigenvalue weighted by atomic mass is 32.2. The van der Waals surface area contributed by atoms with Gasteiger partial charge in [0.05, 0.1) is 11.2 Å². The number of aromatic nitrogens is 1. The predicted molar refractivity (Wildman–Crippen MR) is 118 cm³/mol. The Bertz CT molecular complexity index is 1200. The summed E-state index contributed by atoms with van der Waals surface area (Å²) in [6, 6.07) is 12.0. The number of nitrogens with zero attached hydrogens (tertiary/aromatic N) is 2. The highest BCUT2D eigenvalue weighted by Crippen LogP contribution is 2.38. The van der Waals surface area contributed by atoms with Crippen molar-refractivity contribution < 1.29 is 22.8 Å². The van der Waals surface area contributed by atoms with Gasteiger partial charge in [-0.05, 0) is 72.8 Å². The highest BCUT2D eigenvalue weighted by molar-refractivity contribution is 8.00. The molecule has 3 amide bonds. The SMILES string of the molecule is CNc1ccc2nccc(CC3(C)NC(=O)N(c4ccc(SC(F)(F)F)cc4)C3=O)c2c1. The van der Waals surface area contributed by atoms with Crippen molar-refractivity contribution in [3.63, 3.8) is 0 Å². The van der Waals surface area contributed by atoms with E-state index in [1.807, 2.05) is 18.2 Å². The Labute approximate surface area is 186 Å². The largest absolute Gasteiger partial charge is 0.446 e. The molecule has 4 rings (SSSR count). The van der Waals surface area contributed by atoms with E-state index in [0.29, 0.717) is 0 Å². The molecule has 10 heteroatoms. The molecule has 0 radical (unpaired) electrons. The maximum absolute atomic E-state index is 13.2. The van der Waals surface area contributed by atoms with Crippen LogP contribution in [0, 0.1) is 0 Å². The molecular weight excluding hydrogens is 441 g/mol. The van der Waals surface area contributed by atoms with E-state index in [0.717, 1.165) is 27.1 Å². The molecule has 0 spiro atoms. The first-order chi connectivity index (χ1) is 15.1. The first-order valence-corrected chi connectivity index (χ1v) is 10.5. The fraction of sp³-hybridized carbons (Fsp3) is 0.227. The molecule has 166 valence electrons. The second-order valence-corrected chi connectivity index (χ2v) is 8.71. The number of imide groups is 1. The maximum Gasteiger partial charge on any atom is 0.446 e. The number of alkyl halides is 3. The van der Waals surface area contributed by atoms with Gasteiger partial charge in [-0.3, -0.25) is 9.78 Å². The van der Waals surface area contributed by atoms with Gasteiger partial charge < -0.3 is 10.6 Å². The smallest absolute Gasteiger partial charge is 0.388 e. The number of hydrogen-bond acceptors (Lipinski definition) is 5. The first-order valence-electron chi connectivity index (χ1n) is 9.67. The van der Waals surface area contributed by atoms with Crippen molar-refractivity contribution in [1.82, 2.24) is 10.3 Å². The molecule has 1 fully saturated rings. The van der Waals surface area contributed by atoms with Crippen molar-refractivity contribution in [2.24, 2.45) is 0 Å². The topological polar surface area (TPSA) is 74.3 Å². The number of amides is 3. The molecule has 1 unspecified atom stereocenters. The third kappa shape index (κ3) is 4.22. The Kier molecular flexibility index (Phi) is 5.49. The van der Waals surface area contributed by atoms with E-state index in [-0.39, 0.29) is 28.8 Å². The normalized spacial score (nSPS) is 18.8. The van der Waals surface area contributed by atoms with Gasteiger partial charge >= 0.3 is 11.5 Å². The molecule has 1 aliphatic heterocycles. The minimum atomic E-state index is -4.42. The number of thioether (sulfide) groups is 1. The molecule has 1 saturated heterocycles. The number of carbonyl (C=O) groups excluding carboxylic acids is 2. The van der Waals surface area contributed by atoms with Crippen LogP contribution in [0.2, 0.25) is 0 Å². The Morgan fingerprint density at radius 1 is 1.12 bits per heavy atom. The molecule has 2 heterocycles. The molecule has 6 nitrogen and oxygen atoms in total. The fourth-order valence-corrected chi connectivity index (χ4v) is 4.27. The lowest BCUT2D eigenvalue weighted by Crippen LogP contribution is -2.46. The van der Waals surface area contributed by atoms with E-state index < -0.39 is 23.0 Å². The number of urea groups is 1. The van der Waals surface area contributed by atoms with Gasteiger partial charge in [-0.25, -0.2) is 9.69 Å². The molecule has 1 atom stereocenters. The van der Waals surface area contributed by atoms with Crippen molar-refractivity contribution >= 4 is 46.0 Å². The fourth-order valence-electron chi connectivity index (χ4n) is 3.73. The van der Waals surface area contributed by atoms with Crippen molar-refractivity contribution in [3.05, 3.63) is 60.3 Å². The average Bonchev–Trinajstić information content (AvgIpc) is 2.95. The zero-order valence-corrected chi connectivity index (χ0v) is 18.0. The van der Waals surface area contributed by atoms with Crippen LogP contribution >= 0.6 is 11.8 Å². The number of pyridine rings is 1. The Morgan fingerprint density at radius 3 is 2.50 bits per heavy atom. The number of anilines is 2. The standard InChI is InChI=1S/C22H19F3N4O2S/c1-21(12-13-9-10-27-18-8-3-14(26-2)11-17(13)18)19(30)29(20(31)28-21)15-4-6-16(7-5-15)32-22(23,24)25/h3-11,26H,12H2,1-2H3,(H,28,31). The number of halogens is 3. The van der Waals surface area contributed by atoms with E-state index in [1.165, 1.54) is 24.3 Å². The summed E-state index contributed by atoms with van der Waals surface area (Å²) in [5.74, 6) is -0.478. The van der Waals surface area contributed by atoms with Crippen LogP contribution < -0.4 is 15.5 Å². The van der Waals surface area contributed by atoms with Gasteiger partial charge in [0.1, 0.15) is 5.54 Å². The molecule has 0 aliphatic carbocycles. The molecule has 32 heavy (non-hydrogen) atoms. The van der Waals surface area contributed by atoms with Gasteiger partial charge in [-0.1, -0.05) is 0 Å². The molecular formula is C22H19F3N4O2S.